The average Bonchev–Trinajstić information content (AvgIpc) is 2.58. The third-order valence-corrected chi connectivity index (χ3v) is 1.86. The Morgan fingerprint density at radius 2 is 1.17 bits per heavy atom. The molecule has 0 radical (unpaired) electrons. The maximum atomic E-state index is 4.03. The third kappa shape index (κ3) is 1.20. The molecule has 4 nitrogen and oxygen atoms in total. The lowest BCUT2D eigenvalue weighted by atomic mass is 10.1. The molecule has 0 amide bonds. The minimum Gasteiger partial charge on any atom is -0.160 e. The molecule has 0 aromatic heterocycles. The van der Waals surface area contributed by atoms with E-state index in [4.69, 9.17) is 0 Å². The average molecular weight is 162 g/mol. The van der Waals surface area contributed by atoms with Gasteiger partial charge in [-0.1, -0.05) is 0 Å². The Kier molecular flexibility index (Phi) is 1.60. The van der Waals surface area contributed by atoms with Gasteiger partial charge in [0.1, 0.15) is 0 Å². The molecule has 0 fully saturated rings. The highest BCUT2D eigenvalue weighted by Crippen LogP contribution is 2.10. The minimum atomic E-state index is 0.835. The van der Waals surface area contributed by atoms with Gasteiger partial charge in [0.15, 0.2) is 0 Å². The van der Waals surface area contributed by atoms with Crippen LogP contribution in [0.15, 0.2) is 20.4 Å². The van der Waals surface area contributed by atoms with E-state index in [2.05, 4.69) is 20.4 Å². The lowest BCUT2D eigenvalue weighted by molar-refractivity contribution is 1.25. The number of nitrogens with zero attached hydrogens (tertiary/aromatic N) is 4. The molecule has 2 heterocycles. The lowest BCUT2D eigenvalue weighted by Crippen LogP contribution is -2.13. The maximum absolute atomic E-state index is 4.03. The van der Waals surface area contributed by atoms with E-state index >= 15 is 0 Å². The molecule has 2 rings (SSSR count). The Labute approximate surface area is 70.8 Å². The standard InChI is InChI=1S/C8H10N4/c1-5-3-7(11-9-5)8-4-6(2)10-12-8/h3-4H2,1-2H3. The van der Waals surface area contributed by atoms with E-state index in [0.717, 1.165) is 35.7 Å². The van der Waals surface area contributed by atoms with Gasteiger partial charge >= 0.3 is 0 Å². The van der Waals surface area contributed by atoms with Gasteiger partial charge in [-0.3, -0.25) is 0 Å². The monoisotopic (exact) mass is 162 g/mol. The Morgan fingerprint density at radius 3 is 1.42 bits per heavy atom. The van der Waals surface area contributed by atoms with Crippen LogP contribution in [0, 0.1) is 0 Å². The van der Waals surface area contributed by atoms with Crippen LogP contribution in [-0.2, 0) is 0 Å². The van der Waals surface area contributed by atoms with Gasteiger partial charge in [0, 0.05) is 24.3 Å². The zero-order valence-electron chi connectivity index (χ0n) is 7.20. The molecular formula is C8H10N4. The van der Waals surface area contributed by atoms with Gasteiger partial charge in [0.25, 0.3) is 0 Å². The van der Waals surface area contributed by atoms with Crippen LogP contribution in [0.25, 0.3) is 0 Å². The first kappa shape index (κ1) is 7.34. The van der Waals surface area contributed by atoms with Crippen LogP contribution in [0.5, 0.6) is 0 Å². The maximum Gasteiger partial charge on any atom is 0.0924 e. The summed E-state index contributed by atoms with van der Waals surface area (Å²) in [7, 11) is 0. The second-order valence-corrected chi connectivity index (χ2v) is 3.12. The molecule has 4 heteroatoms. The summed E-state index contributed by atoms with van der Waals surface area (Å²) in [4.78, 5) is 0. The largest absolute Gasteiger partial charge is 0.160 e. The van der Waals surface area contributed by atoms with Crippen molar-refractivity contribution in [1.29, 1.82) is 0 Å². The van der Waals surface area contributed by atoms with E-state index in [1.807, 2.05) is 13.8 Å². The smallest absolute Gasteiger partial charge is 0.0924 e. The van der Waals surface area contributed by atoms with Crippen molar-refractivity contribution >= 4 is 22.8 Å². The van der Waals surface area contributed by atoms with E-state index in [9.17, 15) is 0 Å². The SMILES string of the molecule is CC1=NN=C(C2=NN=C(C)C2)C1. The molecule has 0 aromatic rings. The highest BCUT2D eigenvalue weighted by atomic mass is 15.3. The van der Waals surface area contributed by atoms with Crippen molar-refractivity contribution in [2.24, 2.45) is 20.4 Å². The van der Waals surface area contributed by atoms with Gasteiger partial charge in [-0.2, -0.15) is 20.4 Å². The van der Waals surface area contributed by atoms with Crippen molar-refractivity contribution in [3.05, 3.63) is 0 Å². The van der Waals surface area contributed by atoms with Crippen LogP contribution < -0.4 is 0 Å². The van der Waals surface area contributed by atoms with Gasteiger partial charge in [-0.25, -0.2) is 0 Å². The molecule has 0 unspecified atom stereocenters. The van der Waals surface area contributed by atoms with Gasteiger partial charge in [-0.15, -0.1) is 0 Å². The highest BCUT2D eigenvalue weighted by Gasteiger charge is 2.18. The van der Waals surface area contributed by atoms with Gasteiger partial charge in [0.2, 0.25) is 0 Å². The molecule has 2 aliphatic heterocycles. The van der Waals surface area contributed by atoms with E-state index in [1.54, 1.807) is 0 Å². The summed E-state index contributed by atoms with van der Waals surface area (Å²) in [5.74, 6) is 0. The number of rotatable bonds is 1. The minimum absolute atomic E-state index is 0.835. The Morgan fingerprint density at radius 1 is 0.750 bits per heavy atom. The summed E-state index contributed by atoms with van der Waals surface area (Å²) in [5.41, 5.74) is 4.07. The third-order valence-electron chi connectivity index (χ3n) is 1.86. The number of hydrogen-bond donors (Lipinski definition) is 0. The number of hydrogen-bond acceptors (Lipinski definition) is 4. The molecule has 0 spiro atoms. The van der Waals surface area contributed by atoms with Gasteiger partial charge in [-0.05, 0) is 13.8 Å². The topological polar surface area (TPSA) is 49.4 Å². The summed E-state index contributed by atoms with van der Waals surface area (Å²) in [6.07, 6.45) is 1.67. The molecule has 0 bridgehead atoms. The molecule has 2 aliphatic rings. The molecule has 0 N–H and O–H groups in total. The van der Waals surface area contributed by atoms with Crippen molar-refractivity contribution in [1.82, 2.24) is 0 Å². The summed E-state index contributed by atoms with van der Waals surface area (Å²) in [6, 6.07) is 0. The molecule has 0 aliphatic carbocycles. The van der Waals surface area contributed by atoms with Crippen molar-refractivity contribution < 1.29 is 0 Å². The Hall–Kier alpha value is -1.32. The van der Waals surface area contributed by atoms with Gasteiger partial charge in [0.05, 0.1) is 11.4 Å². The summed E-state index contributed by atoms with van der Waals surface area (Å²) in [5, 5.41) is 16.0. The van der Waals surface area contributed by atoms with Crippen LogP contribution in [0.1, 0.15) is 26.7 Å². The molecule has 0 aromatic carbocycles. The Bertz CT molecular complexity index is 299. The van der Waals surface area contributed by atoms with Crippen molar-refractivity contribution in [2.45, 2.75) is 26.7 Å². The summed E-state index contributed by atoms with van der Waals surface area (Å²) >= 11 is 0. The molecule has 0 saturated carbocycles. The van der Waals surface area contributed by atoms with Crippen LogP contribution in [-0.4, -0.2) is 22.8 Å². The lowest BCUT2D eigenvalue weighted by Gasteiger charge is -1.95. The van der Waals surface area contributed by atoms with Crippen LogP contribution in [0.2, 0.25) is 0 Å². The zero-order valence-corrected chi connectivity index (χ0v) is 7.20. The first-order valence-corrected chi connectivity index (χ1v) is 3.96. The Balaban J connectivity index is 2.07. The fraction of sp³-hybridized carbons (Fsp3) is 0.500. The first-order valence-electron chi connectivity index (χ1n) is 3.96. The van der Waals surface area contributed by atoms with Crippen molar-refractivity contribution in [3.63, 3.8) is 0 Å². The molecule has 0 saturated heterocycles. The van der Waals surface area contributed by atoms with Crippen LogP contribution >= 0.6 is 0 Å². The first-order chi connectivity index (χ1) is 5.75. The van der Waals surface area contributed by atoms with E-state index < -0.39 is 0 Å². The van der Waals surface area contributed by atoms with E-state index in [0.29, 0.717) is 0 Å². The predicted octanol–water partition coefficient (Wildman–Crippen LogP) is 1.43. The molecule has 62 valence electrons. The van der Waals surface area contributed by atoms with E-state index in [-0.39, 0.29) is 0 Å². The zero-order chi connectivity index (χ0) is 8.55. The summed E-state index contributed by atoms with van der Waals surface area (Å²) < 4.78 is 0. The fourth-order valence-electron chi connectivity index (χ4n) is 1.24. The fourth-order valence-corrected chi connectivity index (χ4v) is 1.24. The van der Waals surface area contributed by atoms with Gasteiger partial charge < -0.3 is 0 Å². The quantitative estimate of drug-likeness (QED) is 0.560. The van der Waals surface area contributed by atoms with Crippen molar-refractivity contribution in [2.75, 3.05) is 0 Å². The van der Waals surface area contributed by atoms with Crippen molar-refractivity contribution in [3.8, 4) is 0 Å². The highest BCUT2D eigenvalue weighted by molar-refractivity contribution is 6.49. The molecule has 12 heavy (non-hydrogen) atoms. The summed E-state index contributed by atoms with van der Waals surface area (Å²) in [6.45, 7) is 3.94. The van der Waals surface area contributed by atoms with E-state index in [1.165, 1.54) is 0 Å². The van der Waals surface area contributed by atoms with Crippen LogP contribution in [0.4, 0.5) is 0 Å². The second kappa shape index (κ2) is 2.62. The molecular weight excluding hydrogens is 152 g/mol. The van der Waals surface area contributed by atoms with Crippen LogP contribution in [0.3, 0.4) is 0 Å². The normalized spacial score (nSPS) is 21.8. The predicted molar refractivity (Wildman–Crippen MR) is 50.3 cm³/mol. The second-order valence-electron chi connectivity index (χ2n) is 3.12. The molecule has 0 atom stereocenters.